The van der Waals surface area contributed by atoms with Crippen molar-refractivity contribution in [2.75, 3.05) is 40.0 Å². The Bertz CT molecular complexity index is 1040. The number of aliphatic hydroxyl groups is 1. The smallest absolute Gasteiger partial charge is 0.227 e. The Hall–Kier alpha value is -2.78. The van der Waals surface area contributed by atoms with Gasteiger partial charge in [0.15, 0.2) is 0 Å². The molecule has 3 aromatic rings. The minimum atomic E-state index is -0.638. The quantitative estimate of drug-likeness (QED) is 0.280. The minimum absolute atomic E-state index is 0.278. The van der Waals surface area contributed by atoms with Gasteiger partial charge in [0, 0.05) is 39.4 Å². The number of para-hydroxylation sites is 1. The highest BCUT2D eigenvalue weighted by molar-refractivity contribution is 5.43. The van der Waals surface area contributed by atoms with Crippen molar-refractivity contribution in [1.29, 1.82) is 0 Å². The maximum absolute atomic E-state index is 13.9. The number of rotatable bonds is 16. The van der Waals surface area contributed by atoms with Crippen molar-refractivity contribution in [2.45, 2.75) is 45.8 Å². The number of aliphatic hydroxyl groups excluding tert-OH is 1. The number of hydrogen-bond donors (Lipinski definition) is 1. The lowest BCUT2D eigenvalue weighted by molar-refractivity contribution is 0.0100. The van der Waals surface area contributed by atoms with Gasteiger partial charge in [-0.3, -0.25) is 4.90 Å². The van der Waals surface area contributed by atoms with E-state index in [1.807, 2.05) is 37.3 Å². The fourth-order valence-electron chi connectivity index (χ4n) is 3.91. The molecule has 1 atom stereocenters. The van der Waals surface area contributed by atoms with Gasteiger partial charge in [-0.15, -0.1) is 0 Å². The highest BCUT2D eigenvalue weighted by atomic mass is 19.1. The van der Waals surface area contributed by atoms with Crippen LogP contribution in [0.1, 0.15) is 37.9 Å². The zero-order chi connectivity index (χ0) is 25.8. The van der Waals surface area contributed by atoms with Gasteiger partial charge in [0.1, 0.15) is 11.6 Å². The van der Waals surface area contributed by atoms with Crippen LogP contribution in [-0.4, -0.2) is 65.9 Å². The molecule has 0 spiro atoms. The first-order valence-electron chi connectivity index (χ1n) is 12.6. The van der Waals surface area contributed by atoms with Crippen molar-refractivity contribution in [3.63, 3.8) is 0 Å². The monoisotopic (exact) mass is 499 g/mol. The molecule has 0 unspecified atom stereocenters. The fourth-order valence-corrected chi connectivity index (χ4v) is 3.91. The van der Waals surface area contributed by atoms with E-state index in [0.29, 0.717) is 50.9 Å². The summed E-state index contributed by atoms with van der Waals surface area (Å²) in [6, 6.07) is 15.8. The van der Waals surface area contributed by atoms with E-state index in [0.717, 1.165) is 29.8 Å². The number of aromatic nitrogens is 2. The summed E-state index contributed by atoms with van der Waals surface area (Å²) in [5.41, 5.74) is 2.61. The molecule has 0 fully saturated rings. The Morgan fingerprint density at radius 1 is 1.08 bits per heavy atom. The second-order valence-electron chi connectivity index (χ2n) is 8.70. The molecule has 0 amide bonds. The van der Waals surface area contributed by atoms with Gasteiger partial charge < -0.3 is 19.3 Å². The van der Waals surface area contributed by atoms with Gasteiger partial charge in [0.05, 0.1) is 36.3 Å². The van der Waals surface area contributed by atoms with Gasteiger partial charge in [0.25, 0.3) is 0 Å². The highest BCUT2D eigenvalue weighted by Crippen LogP contribution is 2.32. The number of ether oxygens (including phenoxy) is 3. The molecule has 0 aliphatic heterocycles. The van der Waals surface area contributed by atoms with Crippen LogP contribution in [0.3, 0.4) is 0 Å². The highest BCUT2D eigenvalue weighted by Gasteiger charge is 2.24. The predicted molar refractivity (Wildman–Crippen MR) is 138 cm³/mol. The van der Waals surface area contributed by atoms with Crippen molar-refractivity contribution in [1.82, 2.24) is 14.7 Å². The molecule has 1 aromatic heterocycles. The maximum atomic E-state index is 13.9. The molecule has 1 N–H and O–H groups in total. The topological polar surface area (TPSA) is 69.0 Å². The van der Waals surface area contributed by atoms with Crippen LogP contribution in [0, 0.1) is 5.82 Å². The summed E-state index contributed by atoms with van der Waals surface area (Å²) in [7, 11) is 1.66. The van der Waals surface area contributed by atoms with Crippen LogP contribution in [0.25, 0.3) is 5.69 Å². The van der Waals surface area contributed by atoms with Gasteiger partial charge in [-0.1, -0.05) is 44.5 Å². The molecule has 0 saturated carbocycles. The predicted octanol–water partition coefficient (Wildman–Crippen LogP) is 4.99. The molecule has 7 nitrogen and oxygen atoms in total. The number of unbranched alkanes of at least 4 members (excludes halogenated alkanes) is 1. The van der Waals surface area contributed by atoms with Crippen molar-refractivity contribution in [2.24, 2.45) is 0 Å². The minimum Gasteiger partial charge on any atom is -0.438 e. The van der Waals surface area contributed by atoms with Crippen LogP contribution in [0.4, 0.5) is 4.39 Å². The summed E-state index contributed by atoms with van der Waals surface area (Å²) < 4.78 is 32.9. The Balaban J connectivity index is 1.92. The van der Waals surface area contributed by atoms with E-state index in [9.17, 15) is 9.50 Å². The molecular weight excluding hydrogens is 461 g/mol. The third kappa shape index (κ3) is 8.13. The molecule has 36 heavy (non-hydrogen) atoms. The molecule has 0 saturated heterocycles. The number of aryl methyl sites for hydroxylation is 1. The van der Waals surface area contributed by atoms with Crippen LogP contribution < -0.4 is 4.74 Å². The lowest BCUT2D eigenvalue weighted by atomic mass is 10.1. The molecule has 3 rings (SSSR count). The first-order valence-corrected chi connectivity index (χ1v) is 12.6. The summed E-state index contributed by atoms with van der Waals surface area (Å²) in [4.78, 5) is 2.11. The van der Waals surface area contributed by atoms with E-state index in [-0.39, 0.29) is 12.4 Å². The van der Waals surface area contributed by atoms with Crippen molar-refractivity contribution < 1.29 is 23.7 Å². The molecule has 8 heteroatoms. The summed E-state index contributed by atoms with van der Waals surface area (Å²) in [5, 5.41) is 15.5. The Labute approximate surface area is 213 Å². The van der Waals surface area contributed by atoms with Gasteiger partial charge >= 0.3 is 0 Å². The Morgan fingerprint density at radius 2 is 1.89 bits per heavy atom. The molecule has 0 aliphatic carbocycles. The second kappa shape index (κ2) is 14.7. The molecule has 0 radical (unpaired) electrons. The molecule has 1 heterocycles. The third-order valence-corrected chi connectivity index (χ3v) is 5.78. The lowest BCUT2D eigenvalue weighted by Gasteiger charge is -2.25. The molecule has 196 valence electrons. The molecule has 0 bridgehead atoms. The summed E-state index contributed by atoms with van der Waals surface area (Å²) in [6.45, 7) is 7.09. The van der Waals surface area contributed by atoms with E-state index < -0.39 is 6.10 Å². The van der Waals surface area contributed by atoms with E-state index in [1.165, 1.54) is 12.1 Å². The van der Waals surface area contributed by atoms with Crippen molar-refractivity contribution in [3.8, 4) is 17.3 Å². The largest absolute Gasteiger partial charge is 0.438 e. The summed E-state index contributed by atoms with van der Waals surface area (Å²) in [5.74, 6) is 0.548. The SMILES string of the molecule is CCCCOC[C@H](O)CN(CCOC)Cc1c(CC)nn(-c2ccccc2)c1Oc1cccc(F)c1. The third-order valence-electron chi connectivity index (χ3n) is 5.78. The van der Waals surface area contributed by atoms with Crippen molar-refractivity contribution in [3.05, 3.63) is 71.7 Å². The zero-order valence-electron chi connectivity index (χ0n) is 21.5. The fraction of sp³-hybridized carbons (Fsp3) is 0.464. The van der Waals surface area contributed by atoms with Gasteiger partial charge in [-0.25, -0.2) is 9.07 Å². The Kier molecular flexibility index (Phi) is 11.4. The first-order chi connectivity index (χ1) is 17.5. The van der Waals surface area contributed by atoms with Crippen LogP contribution in [0.5, 0.6) is 11.6 Å². The standard InChI is InChI=1S/C28H38FN3O4/c1-4-6-16-35-21-24(33)19-31(15-17-34-3)20-26-27(5-2)30-32(23-12-8-7-9-13-23)28(26)36-25-14-10-11-22(29)18-25/h7-14,18,24,33H,4-6,15-17,19-21H2,1-3H3/t24-/m1/s1. The average Bonchev–Trinajstić information content (AvgIpc) is 3.22. The Morgan fingerprint density at radius 3 is 2.58 bits per heavy atom. The zero-order valence-corrected chi connectivity index (χ0v) is 21.5. The molecule has 0 aliphatic rings. The van der Waals surface area contributed by atoms with Crippen LogP contribution in [-0.2, 0) is 22.4 Å². The van der Waals surface area contributed by atoms with Crippen molar-refractivity contribution >= 4 is 0 Å². The van der Waals surface area contributed by atoms with Crippen LogP contribution >= 0.6 is 0 Å². The average molecular weight is 500 g/mol. The first kappa shape index (κ1) is 27.8. The maximum Gasteiger partial charge on any atom is 0.227 e. The van der Waals surface area contributed by atoms with Gasteiger partial charge in [0.2, 0.25) is 5.88 Å². The number of nitrogens with zero attached hydrogens (tertiary/aromatic N) is 3. The molecular formula is C28H38FN3O4. The lowest BCUT2D eigenvalue weighted by Crippen LogP contribution is -2.36. The van der Waals surface area contributed by atoms with Gasteiger partial charge in [-0.2, -0.15) is 5.10 Å². The summed E-state index contributed by atoms with van der Waals surface area (Å²) >= 11 is 0. The van der Waals surface area contributed by atoms with E-state index >= 15 is 0 Å². The second-order valence-corrected chi connectivity index (χ2v) is 8.70. The van der Waals surface area contributed by atoms with E-state index in [1.54, 1.807) is 23.9 Å². The van der Waals surface area contributed by atoms with E-state index in [4.69, 9.17) is 19.3 Å². The number of halogens is 1. The number of methoxy groups -OCH3 is 1. The van der Waals surface area contributed by atoms with Crippen LogP contribution in [0.15, 0.2) is 54.6 Å². The summed E-state index contributed by atoms with van der Waals surface area (Å²) in [6.07, 6.45) is 2.07. The van der Waals surface area contributed by atoms with Crippen LogP contribution in [0.2, 0.25) is 0 Å². The molecule has 2 aromatic carbocycles. The number of benzene rings is 2. The normalized spacial score (nSPS) is 12.3. The number of hydrogen-bond acceptors (Lipinski definition) is 6. The van der Waals surface area contributed by atoms with Gasteiger partial charge in [-0.05, 0) is 37.1 Å². The van der Waals surface area contributed by atoms with E-state index in [2.05, 4.69) is 11.8 Å².